The molecular formula is C21H21BrN4O3S. The normalized spacial score (nSPS) is 16.1. The van der Waals surface area contributed by atoms with Crippen LogP contribution < -0.4 is 10.7 Å². The number of rotatable bonds is 5. The summed E-state index contributed by atoms with van der Waals surface area (Å²) in [7, 11) is 1.52. The molecule has 1 fully saturated rings. The zero-order valence-electron chi connectivity index (χ0n) is 16.7. The molecule has 0 radical (unpaired) electrons. The fraction of sp³-hybridized carbons (Fsp3) is 0.238. The summed E-state index contributed by atoms with van der Waals surface area (Å²) in [5.41, 5.74) is 5.75. The number of nitrogens with one attached hydrogen (secondary N) is 2. The highest BCUT2D eigenvalue weighted by Crippen LogP contribution is 2.21. The molecule has 7 nitrogen and oxygen atoms in total. The number of hydrogen-bond donors (Lipinski definition) is 2. The van der Waals surface area contributed by atoms with Crippen molar-refractivity contribution < 1.29 is 14.4 Å². The Hall–Kier alpha value is -2.78. The van der Waals surface area contributed by atoms with E-state index >= 15 is 0 Å². The number of carbonyl (C=O) groups excluding carboxylic acids is 3. The van der Waals surface area contributed by atoms with Crippen LogP contribution in [-0.4, -0.2) is 45.8 Å². The maximum absolute atomic E-state index is 12.6. The van der Waals surface area contributed by atoms with E-state index in [9.17, 15) is 14.4 Å². The fourth-order valence-electron chi connectivity index (χ4n) is 3.13. The van der Waals surface area contributed by atoms with Crippen LogP contribution in [0.15, 0.2) is 46.9 Å². The van der Waals surface area contributed by atoms with Gasteiger partial charge in [0.25, 0.3) is 11.8 Å². The lowest BCUT2D eigenvalue weighted by atomic mass is 10.1. The fourth-order valence-corrected chi connectivity index (χ4v) is 3.66. The Balaban J connectivity index is 1.74. The van der Waals surface area contributed by atoms with Crippen molar-refractivity contribution in [2.45, 2.75) is 26.3 Å². The van der Waals surface area contributed by atoms with Crippen molar-refractivity contribution in [2.24, 2.45) is 0 Å². The van der Waals surface area contributed by atoms with E-state index in [4.69, 9.17) is 12.2 Å². The molecule has 0 bridgehead atoms. The van der Waals surface area contributed by atoms with Gasteiger partial charge in [0.05, 0.1) is 6.42 Å². The number of aryl methyl sites for hydroxylation is 2. The molecule has 1 saturated heterocycles. The summed E-state index contributed by atoms with van der Waals surface area (Å²) in [5, 5.41) is 4.24. The summed E-state index contributed by atoms with van der Waals surface area (Å²) in [5.74, 6) is -1.12. The van der Waals surface area contributed by atoms with Crippen molar-refractivity contribution in [1.29, 1.82) is 0 Å². The van der Waals surface area contributed by atoms with Gasteiger partial charge in [0.2, 0.25) is 5.91 Å². The van der Waals surface area contributed by atoms with Gasteiger partial charge in [0, 0.05) is 22.8 Å². The molecule has 0 saturated carbocycles. The minimum Gasteiger partial charge on any atom is -0.326 e. The van der Waals surface area contributed by atoms with Crippen LogP contribution in [0.3, 0.4) is 0 Å². The van der Waals surface area contributed by atoms with E-state index in [1.165, 1.54) is 17.0 Å². The third-order valence-electron chi connectivity index (χ3n) is 4.78. The Labute approximate surface area is 188 Å². The summed E-state index contributed by atoms with van der Waals surface area (Å²) in [6, 6.07) is 11.5. The summed E-state index contributed by atoms with van der Waals surface area (Å²) < 4.78 is 0.839. The van der Waals surface area contributed by atoms with Gasteiger partial charge < -0.3 is 5.32 Å². The van der Waals surface area contributed by atoms with Crippen molar-refractivity contribution in [3.63, 3.8) is 0 Å². The predicted molar refractivity (Wildman–Crippen MR) is 122 cm³/mol. The first-order valence-electron chi connectivity index (χ1n) is 9.22. The molecule has 0 spiro atoms. The topological polar surface area (TPSA) is 81.8 Å². The number of anilines is 1. The number of likely N-dealkylation sites (N-methyl/N-ethyl adjacent to an activating group) is 1. The van der Waals surface area contributed by atoms with E-state index in [1.54, 1.807) is 24.3 Å². The largest absolute Gasteiger partial charge is 0.326 e. The highest BCUT2D eigenvalue weighted by atomic mass is 79.9. The molecular weight excluding hydrogens is 468 g/mol. The molecule has 1 heterocycles. The lowest BCUT2D eigenvalue weighted by Gasteiger charge is -2.24. The second-order valence-corrected chi connectivity index (χ2v) is 8.36. The third-order valence-corrected chi connectivity index (χ3v) is 5.78. The highest BCUT2D eigenvalue weighted by molar-refractivity contribution is 9.10. The van der Waals surface area contributed by atoms with Crippen LogP contribution in [0.2, 0.25) is 0 Å². The van der Waals surface area contributed by atoms with Gasteiger partial charge in [-0.25, -0.2) is 5.01 Å². The van der Waals surface area contributed by atoms with Gasteiger partial charge in [-0.1, -0.05) is 33.6 Å². The van der Waals surface area contributed by atoms with E-state index in [0.29, 0.717) is 11.3 Å². The van der Waals surface area contributed by atoms with Crippen molar-refractivity contribution in [3.8, 4) is 0 Å². The quantitative estimate of drug-likeness (QED) is 0.631. The van der Waals surface area contributed by atoms with Crippen molar-refractivity contribution in [3.05, 3.63) is 63.6 Å². The standard InChI is InChI=1S/C21H21BrN4O3S/c1-12-4-9-16(13(2)10-12)23-18(27)11-17-20(29)25(3)21(30)26(17)24-19(28)14-5-7-15(22)8-6-14/h4-10,17H,11H2,1-3H3,(H,23,27)(H,24,28). The molecule has 2 N–H and O–H groups in total. The smallest absolute Gasteiger partial charge is 0.269 e. The first-order chi connectivity index (χ1) is 14.2. The van der Waals surface area contributed by atoms with E-state index in [2.05, 4.69) is 26.7 Å². The number of halogens is 1. The molecule has 1 unspecified atom stereocenters. The van der Waals surface area contributed by atoms with Gasteiger partial charge in [-0.3, -0.25) is 24.7 Å². The monoisotopic (exact) mass is 488 g/mol. The molecule has 2 aromatic carbocycles. The number of amides is 3. The van der Waals surface area contributed by atoms with Gasteiger partial charge in [-0.15, -0.1) is 0 Å². The van der Waals surface area contributed by atoms with Crippen molar-refractivity contribution >= 4 is 56.7 Å². The van der Waals surface area contributed by atoms with Gasteiger partial charge >= 0.3 is 0 Å². The Morgan fingerprint density at radius 1 is 1.13 bits per heavy atom. The third kappa shape index (κ3) is 4.68. The highest BCUT2D eigenvalue weighted by Gasteiger charge is 2.42. The number of carbonyl (C=O) groups is 3. The molecule has 1 aliphatic rings. The summed E-state index contributed by atoms with van der Waals surface area (Å²) >= 11 is 8.62. The summed E-state index contributed by atoms with van der Waals surface area (Å²) in [4.78, 5) is 39.1. The minimum absolute atomic E-state index is 0.134. The number of thiocarbonyl (C=S) groups is 1. The van der Waals surface area contributed by atoms with Gasteiger partial charge in [0.15, 0.2) is 5.11 Å². The lowest BCUT2D eigenvalue weighted by molar-refractivity contribution is -0.130. The number of hydrogen-bond acceptors (Lipinski definition) is 4. The molecule has 3 rings (SSSR count). The van der Waals surface area contributed by atoms with Crippen LogP contribution in [0.25, 0.3) is 0 Å². The Bertz CT molecular complexity index is 1030. The summed E-state index contributed by atoms with van der Waals surface area (Å²) in [6.07, 6.45) is -0.156. The first kappa shape index (κ1) is 21.9. The van der Waals surface area contributed by atoms with Crippen LogP contribution in [-0.2, 0) is 9.59 Å². The van der Waals surface area contributed by atoms with Crippen LogP contribution >= 0.6 is 28.1 Å². The van der Waals surface area contributed by atoms with Crippen molar-refractivity contribution in [1.82, 2.24) is 15.3 Å². The molecule has 3 amide bonds. The average Bonchev–Trinajstić information content (AvgIpc) is 2.89. The molecule has 9 heteroatoms. The van der Waals surface area contributed by atoms with Gasteiger partial charge in [-0.05, 0) is 62.0 Å². The van der Waals surface area contributed by atoms with Crippen LogP contribution in [0.4, 0.5) is 5.69 Å². The molecule has 156 valence electrons. The Morgan fingerprint density at radius 3 is 2.43 bits per heavy atom. The predicted octanol–water partition coefficient (Wildman–Crippen LogP) is 3.17. The molecule has 0 aromatic heterocycles. The number of hydrazine groups is 1. The second kappa shape index (κ2) is 8.93. The minimum atomic E-state index is -0.923. The van der Waals surface area contributed by atoms with Crippen LogP contribution in [0.5, 0.6) is 0 Å². The Morgan fingerprint density at radius 2 is 1.80 bits per heavy atom. The lowest BCUT2D eigenvalue weighted by Crippen LogP contribution is -2.49. The van der Waals surface area contributed by atoms with E-state index in [1.807, 2.05) is 32.0 Å². The molecule has 2 aromatic rings. The zero-order chi connectivity index (χ0) is 22.0. The molecule has 1 atom stereocenters. The number of nitrogens with zero attached hydrogens (tertiary/aromatic N) is 2. The van der Waals surface area contributed by atoms with Crippen LogP contribution in [0.1, 0.15) is 27.9 Å². The second-order valence-electron chi connectivity index (χ2n) is 7.08. The van der Waals surface area contributed by atoms with E-state index in [-0.39, 0.29) is 23.3 Å². The van der Waals surface area contributed by atoms with E-state index in [0.717, 1.165) is 15.6 Å². The maximum Gasteiger partial charge on any atom is 0.269 e. The maximum atomic E-state index is 12.6. The molecule has 0 aliphatic carbocycles. The first-order valence-corrected chi connectivity index (χ1v) is 10.4. The molecule has 30 heavy (non-hydrogen) atoms. The SMILES string of the molecule is Cc1ccc(NC(=O)CC2C(=O)N(C)C(=S)N2NC(=O)c2ccc(Br)cc2)c(C)c1. The van der Waals surface area contributed by atoms with E-state index < -0.39 is 11.9 Å². The van der Waals surface area contributed by atoms with Gasteiger partial charge in [-0.2, -0.15) is 0 Å². The van der Waals surface area contributed by atoms with Crippen LogP contribution in [0, 0.1) is 13.8 Å². The van der Waals surface area contributed by atoms with Crippen molar-refractivity contribution in [2.75, 3.05) is 12.4 Å². The van der Waals surface area contributed by atoms with Gasteiger partial charge in [0.1, 0.15) is 6.04 Å². The number of benzene rings is 2. The average molecular weight is 489 g/mol. The Kier molecular flexibility index (Phi) is 6.52. The summed E-state index contributed by atoms with van der Waals surface area (Å²) in [6.45, 7) is 3.87. The molecule has 1 aliphatic heterocycles. The zero-order valence-corrected chi connectivity index (χ0v) is 19.1.